The van der Waals surface area contributed by atoms with Crippen molar-refractivity contribution in [2.75, 3.05) is 6.54 Å². The van der Waals surface area contributed by atoms with E-state index in [1.807, 2.05) is 0 Å². The highest BCUT2D eigenvalue weighted by Gasteiger charge is 2.33. The zero-order chi connectivity index (χ0) is 21.7. The molecule has 6 nitrogen and oxygen atoms in total. The number of rotatable bonds is 9. The average molecular weight is 445 g/mol. The molecule has 0 aliphatic carbocycles. The van der Waals surface area contributed by atoms with Gasteiger partial charge in [0.1, 0.15) is 15.8 Å². The predicted molar refractivity (Wildman–Crippen MR) is 124 cm³/mol. The molecule has 1 fully saturated rings. The molecule has 1 amide bonds. The molecule has 1 saturated heterocycles. The molecule has 158 valence electrons. The van der Waals surface area contributed by atoms with Crippen molar-refractivity contribution in [2.45, 2.75) is 39.5 Å². The fourth-order valence-corrected chi connectivity index (χ4v) is 4.58. The SMILES string of the molecule is CCCCC(CC)CN1C(=O)/C(=C\c2ccc(-c3cccc([N+](=O)[O-])c3)o2)SC1=S. The number of non-ortho nitro benzene ring substituents is 1. The van der Waals surface area contributed by atoms with Crippen LogP contribution in [0.25, 0.3) is 17.4 Å². The Balaban J connectivity index is 1.75. The first-order valence-corrected chi connectivity index (χ1v) is 11.3. The highest BCUT2D eigenvalue weighted by molar-refractivity contribution is 8.26. The third-order valence-electron chi connectivity index (χ3n) is 5.10. The Hall–Kier alpha value is -2.45. The maximum absolute atomic E-state index is 12.9. The van der Waals surface area contributed by atoms with Gasteiger partial charge >= 0.3 is 0 Å². The van der Waals surface area contributed by atoms with E-state index in [0.29, 0.717) is 38.8 Å². The molecule has 3 rings (SSSR count). The number of nitro benzene ring substituents is 1. The molecule has 2 aromatic rings. The minimum atomic E-state index is -0.442. The lowest BCUT2D eigenvalue weighted by Gasteiger charge is -2.21. The molecule has 1 atom stereocenters. The smallest absolute Gasteiger partial charge is 0.270 e. The van der Waals surface area contributed by atoms with Crippen LogP contribution in [0.3, 0.4) is 0 Å². The second-order valence-electron chi connectivity index (χ2n) is 7.22. The topological polar surface area (TPSA) is 76.6 Å². The van der Waals surface area contributed by atoms with Crippen LogP contribution in [0.5, 0.6) is 0 Å². The first kappa shape index (κ1) is 22.2. The zero-order valence-electron chi connectivity index (χ0n) is 17.0. The summed E-state index contributed by atoms with van der Waals surface area (Å²) < 4.78 is 6.39. The highest BCUT2D eigenvalue weighted by atomic mass is 32.2. The lowest BCUT2D eigenvalue weighted by molar-refractivity contribution is -0.384. The molecule has 2 heterocycles. The summed E-state index contributed by atoms with van der Waals surface area (Å²) in [5.41, 5.74) is 0.609. The van der Waals surface area contributed by atoms with Crippen molar-refractivity contribution in [3.05, 3.63) is 57.2 Å². The maximum atomic E-state index is 12.9. The number of thiocarbonyl (C=S) groups is 1. The Kier molecular flexibility index (Phi) is 7.44. The van der Waals surface area contributed by atoms with Crippen molar-refractivity contribution in [1.82, 2.24) is 4.90 Å². The fraction of sp³-hybridized carbons (Fsp3) is 0.364. The number of furan rings is 1. The third kappa shape index (κ3) is 5.17. The number of thioether (sulfide) groups is 1. The van der Waals surface area contributed by atoms with E-state index in [0.717, 1.165) is 25.7 Å². The van der Waals surface area contributed by atoms with Gasteiger partial charge in [0.15, 0.2) is 0 Å². The van der Waals surface area contributed by atoms with Crippen molar-refractivity contribution in [3.8, 4) is 11.3 Å². The van der Waals surface area contributed by atoms with E-state index in [-0.39, 0.29) is 11.6 Å². The van der Waals surface area contributed by atoms with Gasteiger partial charge in [-0.15, -0.1) is 0 Å². The number of hydrogen-bond donors (Lipinski definition) is 0. The molecular weight excluding hydrogens is 420 g/mol. The highest BCUT2D eigenvalue weighted by Crippen LogP contribution is 2.35. The van der Waals surface area contributed by atoms with Crippen LogP contribution in [-0.4, -0.2) is 26.6 Å². The number of nitrogens with zero attached hydrogens (tertiary/aromatic N) is 2. The van der Waals surface area contributed by atoms with Crippen LogP contribution in [0.15, 0.2) is 45.7 Å². The predicted octanol–water partition coefficient (Wildman–Crippen LogP) is 6.27. The maximum Gasteiger partial charge on any atom is 0.270 e. The van der Waals surface area contributed by atoms with E-state index in [1.165, 1.54) is 23.9 Å². The quantitative estimate of drug-likeness (QED) is 0.196. The van der Waals surface area contributed by atoms with E-state index in [4.69, 9.17) is 16.6 Å². The molecule has 1 aliphatic rings. The molecule has 1 aromatic carbocycles. The fourth-order valence-electron chi connectivity index (χ4n) is 3.32. The number of nitro groups is 1. The Morgan fingerprint density at radius 2 is 2.10 bits per heavy atom. The Morgan fingerprint density at radius 3 is 2.80 bits per heavy atom. The molecule has 1 aliphatic heterocycles. The summed E-state index contributed by atoms with van der Waals surface area (Å²) in [7, 11) is 0. The summed E-state index contributed by atoms with van der Waals surface area (Å²) >= 11 is 6.73. The van der Waals surface area contributed by atoms with Crippen LogP contribution in [0.1, 0.15) is 45.3 Å². The Bertz CT molecular complexity index is 983. The first-order valence-electron chi connectivity index (χ1n) is 10.0. The molecule has 0 spiro atoms. The molecule has 0 saturated carbocycles. The molecule has 0 bridgehead atoms. The normalized spacial score (nSPS) is 16.5. The van der Waals surface area contributed by atoms with Gasteiger partial charge in [0.2, 0.25) is 0 Å². The van der Waals surface area contributed by atoms with Crippen LogP contribution in [-0.2, 0) is 4.79 Å². The molecule has 0 radical (unpaired) electrons. The first-order chi connectivity index (χ1) is 14.4. The summed E-state index contributed by atoms with van der Waals surface area (Å²) in [6.45, 7) is 4.96. The van der Waals surface area contributed by atoms with Crippen molar-refractivity contribution in [1.29, 1.82) is 0 Å². The summed E-state index contributed by atoms with van der Waals surface area (Å²) in [5.74, 6) is 1.37. The largest absolute Gasteiger partial charge is 0.457 e. The van der Waals surface area contributed by atoms with E-state index in [9.17, 15) is 14.9 Å². The minimum Gasteiger partial charge on any atom is -0.457 e. The number of carbonyl (C=O) groups is 1. The second kappa shape index (κ2) is 10.0. The van der Waals surface area contributed by atoms with Crippen molar-refractivity contribution < 1.29 is 14.1 Å². The summed E-state index contributed by atoms with van der Waals surface area (Å²) in [4.78, 5) is 25.6. The van der Waals surface area contributed by atoms with Gasteiger partial charge in [-0.25, -0.2) is 0 Å². The van der Waals surface area contributed by atoms with Gasteiger partial charge in [-0.2, -0.15) is 0 Å². The van der Waals surface area contributed by atoms with Crippen LogP contribution < -0.4 is 0 Å². The molecule has 8 heteroatoms. The van der Waals surface area contributed by atoms with Gasteiger partial charge in [0.25, 0.3) is 11.6 Å². The standard InChI is InChI=1S/C22H24N2O4S2/c1-3-5-7-15(4-2)14-23-21(25)20(30-22(23)29)13-18-10-11-19(28-18)16-8-6-9-17(12-16)24(26)27/h6,8-13,15H,3-5,7,14H2,1-2H3/b20-13+. The van der Waals surface area contributed by atoms with E-state index >= 15 is 0 Å². The lowest BCUT2D eigenvalue weighted by atomic mass is 9.99. The number of hydrogen-bond acceptors (Lipinski definition) is 6. The van der Waals surface area contributed by atoms with Crippen LogP contribution >= 0.6 is 24.0 Å². The van der Waals surface area contributed by atoms with Gasteiger partial charge in [0.05, 0.1) is 9.83 Å². The third-order valence-corrected chi connectivity index (χ3v) is 6.48. The molecular formula is C22H24N2O4S2. The van der Waals surface area contributed by atoms with Crippen molar-refractivity contribution in [2.24, 2.45) is 5.92 Å². The van der Waals surface area contributed by atoms with Gasteiger partial charge in [0, 0.05) is 30.3 Å². The number of amides is 1. The Morgan fingerprint density at radius 1 is 1.30 bits per heavy atom. The van der Waals surface area contributed by atoms with Crippen LogP contribution in [0.4, 0.5) is 5.69 Å². The van der Waals surface area contributed by atoms with E-state index in [1.54, 1.807) is 35.2 Å². The summed E-state index contributed by atoms with van der Waals surface area (Å²) in [6.07, 6.45) is 6.08. The average Bonchev–Trinajstić information content (AvgIpc) is 3.31. The van der Waals surface area contributed by atoms with Crippen LogP contribution in [0.2, 0.25) is 0 Å². The minimum absolute atomic E-state index is 0.000118. The van der Waals surface area contributed by atoms with E-state index < -0.39 is 4.92 Å². The molecule has 1 aromatic heterocycles. The van der Waals surface area contributed by atoms with E-state index in [2.05, 4.69) is 13.8 Å². The summed E-state index contributed by atoms with van der Waals surface area (Å²) in [5, 5.41) is 11.0. The lowest BCUT2D eigenvalue weighted by Crippen LogP contribution is -2.33. The molecule has 30 heavy (non-hydrogen) atoms. The molecule has 1 unspecified atom stereocenters. The Labute approximate surface area is 185 Å². The van der Waals surface area contributed by atoms with Gasteiger partial charge in [-0.3, -0.25) is 19.8 Å². The zero-order valence-corrected chi connectivity index (χ0v) is 18.6. The molecule has 0 N–H and O–H groups in total. The van der Waals surface area contributed by atoms with Gasteiger partial charge in [-0.05, 0) is 24.5 Å². The number of benzene rings is 1. The van der Waals surface area contributed by atoms with Crippen molar-refractivity contribution >= 4 is 46.0 Å². The monoisotopic (exact) mass is 444 g/mol. The number of carbonyl (C=O) groups excluding carboxylic acids is 1. The number of unbranched alkanes of at least 4 members (excludes halogenated alkanes) is 1. The summed E-state index contributed by atoms with van der Waals surface area (Å²) in [6, 6.07) is 9.74. The van der Waals surface area contributed by atoms with Crippen molar-refractivity contribution in [3.63, 3.8) is 0 Å². The van der Waals surface area contributed by atoms with Crippen LogP contribution in [0, 0.1) is 16.0 Å². The second-order valence-corrected chi connectivity index (χ2v) is 8.89. The van der Waals surface area contributed by atoms with Gasteiger partial charge in [-0.1, -0.05) is 69.2 Å². The van der Waals surface area contributed by atoms with Gasteiger partial charge < -0.3 is 4.42 Å².